The molecule has 0 saturated heterocycles. The summed E-state index contributed by atoms with van der Waals surface area (Å²) in [7, 11) is -1.72. The number of ether oxygens (including phenoxy) is 2. The second-order valence-corrected chi connectivity index (χ2v) is 30.9. The Labute approximate surface area is 233 Å². The van der Waals surface area contributed by atoms with Crippen LogP contribution in [0, 0.1) is 5.41 Å². The first-order valence-electron chi connectivity index (χ1n) is 14.9. The van der Waals surface area contributed by atoms with Crippen LogP contribution in [0.1, 0.15) is 99.3 Å². The molecule has 0 rings (SSSR count). The summed E-state index contributed by atoms with van der Waals surface area (Å²) in [4.78, 5) is 38.6. The molecule has 5 nitrogen and oxygen atoms in total. The molecule has 37 heavy (non-hydrogen) atoms. The molecule has 0 atom stereocenters. The van der Waals surface area contributed by atoms with Gasteiger partial charge in [-0.1, -0.05) is 0 Å². The number of carbonyl (C=O) groups excluding carboxylic acids is 3. The third kappa shape index (κ3) is 12.8. The summed E-state index contributed by atoms with van der Waals surface area (Å²) in [5, 5.41) is 1.51. The molecule has 0 aromatic rings. The summed E-state index contributed by atoms with van der Waals surface area (Å²) in [6.07, 6.45) is 10.4. The van der Waals surface area contributed by atoms with Crippen molar-refractivity contribution in [2.75, 3.05) is 13.2 Å². The van der Waals surface area contributed by atoms with Gasteiger partial charge in [-0.15, -0.1) is 0 Å². The van der Waals surface area contributed by atoms with Crippen LogP contribution in [-0.2, 0) is 23.9 Å². The molecule has 0 heterocycles. The van der Waals surface area contributed by atoms with Gasteiger partial charge in [-0.25, -0.2) is 0 Å². The van der Waals surface area contributed by atoms with Gasteiger partial charge in [0.15, 0.2) is 0 Å². The molecule has 0 bridgehead atoms. The van der Waals surface area contributed by atoms with Crippen LogP contribution in [0.25, 0.3) is 0 Å². The molecule has 0 unspecified atom stereocenters. The van der Waals surface area contributed by atoms with Gasteiger partial charge in [-0.3, -0.25) is 0 Å². The van der Waals surface area contributed by atoms with Crippen LogP contribution in [0.15, 0.2) is 11.3 Å². The number of Topliss-reactive ketones (excluding diaryl/α,β-unsaturated/α-hetero) is 1. The minimum absolute atomic E-state index is 0.0405. The van der Waals surface area contributed by atoms with Gasteiger partial charge in [-0.2, -0.15) is 0 Å². The second kappa shape index (κ2) is 18.6. The Morgan fingerprint density at radius 2 is 1.22 bits per heavy atom. The van der Waals surface area contributed by atoms with Gasteiger partial charge in [0.05, 0.1) is 0 Å². The predicted molar refractivity (Wildman–Crippen MR) is 161 cm³/mol. The minimum atomic E-state index is -2.50. The van der Waals surface area contributed by atoms with Gasteiger partial charge < -0.3 is 0 Å². The summed E-state index contributed by atoms with van der Waals surface area (Å²) in [6, 6.07) is 0. The van der Waals surface area contributed by atoms with Crippen molar-refractivity contribution in [3.63, 3.8) is 0 Å². The average molecular weight is 646 g/mol. The fourth-order valence-electron chi connectivity index (χ4n) is 5.12. The van der Waals surface area contributed by atoms with Crippen LogP contribution < -0.4 is 0 Å². The number of esters is 2. The van der Waals surface area contributed by atoms with Crippen molar-refractivity contribution in [3.05, 3.63) is 11.3 Å². The molecule has 0 N–H and O–H groups in total. The third-order valence-electron chi connectivity index (χ3n) is 7.64. The van der Waals surface area contributed by atoms with Gasteiger partial charge in [0.25, 0.3) is 0 Å². The molecule has 0 aromatic carbocycles. The molecule has 216 valence electrons. The molecule has 0 aromatic heterocycles. The maximum atomic E-state index is 13.3. The molecule has 0 spiro atoms. The van der Waals surface area contributed by atoms with E-state index in [2.05, 4.69) is 46.5 Å². The molecule has 0 aliphatic heterocycles. The second-order valence-electron chi connectivity index (χ2n) is 11.9. The number of ketones is 1. The zero-order chi connectivity index (χ0) is 28.5. The van der Waals surface area contributed by atoms with Crippen molar-refractivity contribution in [1.29, 1.82) is 0 Å². The molecule has 0 fully saturated rings. The quantitative estimate of drug-likeness (QED) is 0.0712. The summed E-state index contributed by atoms with van der Waals surface area (Å²) in [6.45, 7) is 19.4. The first-order chi connectivity index (χ1) is 17.4. The number of carbonyl (C=O) groups is 3. The summed E-state index contributed by atoms with van der Waals surface area (Å²) < 4.78 is 16.4. The van der Waals surface area contributed by atoms with Crippen molar-refractivity contribution in [3.8, 4) is 0 Å². The monoisotopic (exact) mass is 646 g/mol. The van der Waals surface area contributed by atoms with Gasteiger partial charge in [0, 0.05) is 0 Å². The zero-order valence-corrected chi connectivity index (χ0v) is 29.6. The van der Waals surface area contributed by atoms with E-state index in [0.717, 1.165) is 0 Å². The van der Waals surface area contributed by atoms with Crippen molar-refractivity contribution in [1.82, 2.24) is 0 Å². The van der Waals surface area contributed by atoms with Crippen LogP contribution in [0.5, 0.6) is 0 Å². The van der Waals surface area contributed by atoms with E-state index in [0.29, 0.717) is 0 Å². The molecule has 0 radical (unpaired) electrons. The predicted octanol–water partition coefficient (Wildman–Crippen LogP) is 8.51. The fraction of sp³-hybridized carbons (Fsp3) is 0.833. The number of rotatable bonds is 21. The Morgan fingerprint density at radius 1 is 0.784 bits per heavy atom. The Bertz CT molecular complexity index is 686. The molecule has 0 aliphatic carbocycles. The number of hydrogen-bond acceptors (Lipinski definition) is 5. The van der Waals surface area contributed by atoms with E-state index in [-0.39, 0.29) is 38.3 Å². The normalized spacial score (nSPS) is 12.9. The Balaban J connectivity index is 6.66. The van der Waals surface area contributed by atoms with E-state index in [1.54, 1.807) is 13.8 Å². The van der Waals surface area contributed by atoms with E-state index in [9.17, 15) is 14.4 Å². The first kappa shape index (κ1) is 36.4. The van der Waals surface area contributed by atoms with Gasteiger partial charge in [0.2, 0.25) is 0 Å². The van der Waals surface area contributed by atoms with Crippen LogP contribution in [0.4, 0.5) is 0 Å². The topological polar surface area (TPSA) is 69.7 Å². The Morgan fingerprint density at radius 3 is 1.54 bits per heavy atom. The van der Waals surface area contributed by atoms with E-state index < -0.39 is 43.8 Å². The van der Waals surface area contributed by atoms with E-state index in [4.69, 9.17) is 9.47 Å². The zero-order valence-electron chi connectivity index (χ0n) is 25.7. The molecule has 0 aliphatic rings. The van der Waals surface area contributed by atoms with Crippen LogP contribution in [0.2, 0.25) is 37.4 Å². The SMILES string of the molecule is CCC[CH2][Sn]([CH2]CCC)([CH2]CCC)[CH2]/C(=C\CC(CCC(C)=O)(C(=O)OCC)C(=O)OCC)[Si](C)(C)C. The van der Waals surface area contributed by atoms with Gasteiger partial charge in [-0.05, 0) is 0 Å². The molecule has 0 saturated carbocycles. The van der Waals surface area contributed by atoms with Crippen LogP contribution in [-0.4, -0.2) is 57.4 Å². The summed E-state index contributed by atoms with van der Waals surface area (Å²) >= 11 is -2.50. The third-order valence-corrected chi connectivity index (χ3v) is 26.3. The van der Waals surface area contributed by atoms with Crippen molar-refractivity contribution in [2.24, 2.45) is 5.41 Å². The Kier molecular flexibility index (Phi) is 18.3. The van der Waals surface area contributed by atoms with Crippen LogP contribution in [0.3, 0.4) is 0 Å². The number of hydrogen-bond donors (Lipinski definition) is 0. The number of unbranched alkanes of at least 4 members (excludes halogenated alkanes) is 3. The average Bonchev–Trinajstić information content (AvgIpc) is 2.83. The molecule has 7 heteroatoms. The van der Waals surface area contributed by atoms with E-state index in [1.807, 2.05) is 0 Å². The van der Waals surface area contributed by atoms with E-state index in [1.165, 1.54) is 68.4 Å². The van der Waals surface area contributed by atoms with Gasteiger partial charge >= 0.3 is 235 Å². The standard InChI is InChI=1S/C18H31O5Si.3C4H9.Sn/c1-8-22-16(20)18(12-10-14(3)19,17(21)23-9-2)13-11-15(4)24(5,6)7;3*1-3-4-2;/h11H,4,8-10,12-13H2,1-3,5-7H3;3*1,3-4H2,2H3;/b15-11+;;;;. The van der Waals surface area contributed by atoms with Gasteiger partial charge in [0.1, 0.15) is 0 Å². The summed E-state index contributed by atoms with van der Waals surface area (Å²) in [5.41, 5.74) is -1.46. The van der Waals surface area contributed by atoms with Crippen molar-refractivity contribution < 1.29 is 23.9 Å². The maximum absolute atomic E-state index is 13.3. The fourth-order valence-corrected chi connectivity index (χ4v) is 29.2. The molecule has 0 amide bonds. The Hall–Kier alpha value is -0.634. The molecular weight excluding hydrogens is 587 g/mol. The van der Waals surface area contributed by atoms with Crippen molar-refractivity contribution >= 4 is 44.2 Å². The van der Waals surface area contributed by atoms with Crippen molar-refractivity contribution in [2.45, 2.75) is 137 Å². The first-order valence-corrected chi connectivity index (χ1v) is 26.5. The summed E-state index contributed by atoms with van der Waals surface area (Å²) in [5.74, 6) is -1.15. The molecular formula is C30H58O5SiSn. The number of allylic oxidation sites excluding steroid dienone is 2. The van der Waals surface area contributed by atoms with E-state index >= 15 is 0 Å². The van der Waals surface area contributed by atoms with Crippen LogP contribution >= 0.6 is 0 Å².